The molecule has 0 atom stereocenters. The van der Waals surface area contributed by atoms with E-state index in [1.807, 2.05) is 0 Å². The van der Waals surface area contributed by atoms with E-state index in [-0.39, 0.29) is 27.1 Å². The lowest BCUT2D eigenvalue weighted by Gasteiger charge is -2.37. The van der Waals surface area contributed by atoms with Crippen molar-refractivity contribution < 1.29 is 0 Å². The molecular formula is C62H59N. The molecule has 8 aromatic carbocycles. The molecule has 0 aromatic heterocycles. The number of fused-ring (bicyclic) bond motifs is 8. The van der Waals surface area contributed by atoms with E-state index in [9.17, 15) is 0 Å². The summed E-state index contributed by atoms with van der Waals surface area (Å²) in [7, 11) is 0. The van der Waals surface area contributed by atoms with Crippen molar-refractivity contribution in [2.45, 2.75) is 117 Å². The Kier molecular flexibility index (Phi) is 7.38. The van der Waals surface area contributed by atoms with E-state index in [1.165, 1.54) is 133 Å². The molecule has 0 radical (unpaired) electrons. The fourth-order valence-corrected chi connectivity index (χ4v) is 12.9. The van der Waals surface area contributed by atoms with Crippen LogP contribution in [0.2, 0.25) is 0 Å². The van der Waals surface area contributed by atoms with Crippen LogP contribution in [0.5, 0.6) is 0 Å². The Bertz CT molecular complexity index is 3370. The van der Waals surface area contributed by atoms with Crippen LogP contribution in [0, 0.1) is 13.8 Å². The van der Waals surface area contributed by atoms with E-state index in [2.05, 4.69) is 216 Å². The quantitative estimate of drug-likeness (QED) is 0.172. The smallest absolute Gasteiger partial charge is 0.0468 e. The zero-order valence-electron chi connectivity index (χ0n) is 39.5. The summed E-state index contributed by atoms with van der Waals surface area (Å²) in [5.41, 5.74) is 27.0. The lowest BCUT2D eigenvalue weighted by Crippen LogP contribution is -2.25. The molecule has 1 nitrogen and oxygen atoms in total. The van der Waals surface area contributed by atoms with Gasteiger partial charge in [0.15, 0.2) is 0 Å². The van der Waals surface area contributed by atoms with Crippen LogP contribution >= 0.6 is 0 Å². The fourth-order valence-electron chi connectivity index (χ4n) is 12.9. The van der Waals surface area contributed by atoms with Crippen molar-refractivity contribution in [3.05, 3.63) is 183 Å². The van der Waals surface area contributed by atoms with Crippen LogP contribution in [0.25, 0.3) is 54.9 Å². The van der Waals surface area contributed by atoms with E-state index >= 15 is 0 Å². The summed E-state index contributed by atoms with van der Waals surface area (Å²) in [5, 5.41) is 5.57. The van der Waals surface area contributed by atoms with Gasteiger partial charge in [-0.25, -0.2) is 0 Å². The molecule has 0 saturated heterocycles. The maximum atomic E-state index is 2.58. The molecule has 0 fully saturated rings. The van der Waals surface area contributed by atoms with Crippen LogP contribution in [0.1, 0.15) is 137 Å². The summed E-state index contributed by atoms with van der Waals surface area (Å²) in [6, 6.07) is 48.0. The number of hydrogen-bond donors (Lipinski definition) is 0. The lowest BCUT2D eigenvalue weighted by atomic mass is 9.68. The minimum absolute atomic E-state index is 0.0572. The monoisotopic (exact) mass is 817 g/mol. The molecule has 1 heteroatoms. The first-order chi connectivity index (χ1) is 29.7. The fraction of sp³-hybridized carbons (Fsp3) is 0.290. The molecule has 4 aliphatic rings. The van der Waals surface area contributed by atoms with Crippen LogP contribution in [0.15, 0.2) is 121 Å². The normalized spacial score (nSPS) is 17.2. The summed E-state index contributed by atoms with van der Waals surface area (Å²) < 4.78 is 0. The van der Waals surface area contributed by atoms with E-state index < -0.39 is 0 Å². The molecule has 0 aliphatic heterocycles. The van der Waals surface area contributed by atoms with Gasteiger partial charge in [-0.05, 0) is 184 Å². The van der Waals surface area contributed by atoms with E-state index in [4.69, 9.17) is 0 Å². The topological polar surface area (TPSA) is 3.24 Å². The number of aryl methyl sites for hydroxylation is 2. The Morgan fingerprint density at radius 3 is 1.54 bits per heavy atom. The van der Waals surface area contributed by atoms with Gasteiger partial charge >= 0.3 is 0 Å². The van der Waals surface area contributed by atoms with E-state index in [0.29, 0.717) is 0 Å². The standard InChI is InChI=1S/C62H59N/c1-34-27-50-54(43-18-15-14-17-40(34)43)45-33-48-44(32-49(45)61(50,10)11)42-26-25-38(29-47(42)60(48,8)9)63(37-23-21-36(22-24-37)58(3,4)5)39-30-52-56-53(31-39)62(12,13)51-28-35(2)41-19-16-20-46(59(52,6)7)55(41)57(51)56/h14-33H,1-13H3. The van der Waals surface area contributed by atoms with Gasteiger partial charge in [-0.2, -0.15) is 0 Å². The maximum absolute atomic E-state index is 2.58. The second kappa shape index (κ2) is 12.0. The molecule has 8 aromatic rings. The predicted octanol–water partition coefficient (Wildman–Crippen LogP) is 16.9. The molecule has 63 heavy (non-hydrogen) atoms. The van der Waals surface area contributed by atoms with Gasteiger partial charge in [0.05, 0.1) is 0 Å². The van der Waals surface area contributed by atoms with Crippen molar-refractivity contribution in [3.8, 4) is 33.4 Å². The second-order valence-corrected chi connectivity index (χ2v) is 22.7. The van der Waals surface area contributed by atoms with Gasteiger partial charge in [0, 0.05) is 38.7 Å². The number of anilines is 3. The summed E-state index contributed by atoms with van der Waals surface area (Å²) in [6.45, 7) is 31.1. The zero-order chi connectivity index (χ0) is 44.1. The highest BCUT2D eigenvalue weighted by Crippen LogP contribution is 2.62. The summed E-state index contributed by atoms with van der Waals surface area (Å²) in [4.78, 5) is 2.56. The molecular weight excluding hydrogens is 759 g/mol. The van der Waals surface area contributed by atoms with Gasteiger partial charge in [-0.15, -0.1) is 0 Å². The zero-order valence-corrected chi connectivity index (χ0v) is 39.5. The van der Waals surface area contributed by atoms with Crippen molar-refractivity contribution in [1.29, 1.82) is 0 Å². The van der Waals surface area contributed by atoms with Gasteiger partial charge in [-0.1, -0.05) is 149 Å². The third kappa shape index (κ3) is 4.84. The molecule has 0 bridgehead atoms. The predicted molar refractivity (Wildman–Crippen MR) is 269 cm³/mol. The molecule has 312 valence electrons. The van der Waals surface area contributed by atoms with Crippen LogP contribution in [-0.4, -0.2) is 0 Å². The van der Waals surface area contributed by atoms with Crippen molar-refractivity contribution in [2.75, 3.05) is 4.90 Å². The van der Waals surface area contributed by atoms with Crippen molar-refractivity contribution in [2.24, 2.45) is 0 Å². The van der Waals surface area contributed by atoms with Crippen LogP contribution in [-0.2, 0) is 27.1 Å². The maximum Gasteiger partial charge on any atom is 0.0468 e. The Hall–Kier alpha value is -5.92. The molecule has 0 N–H and O–H groups in total. The minimum Gasteiger partial charge on any atom is -0.310 e. The molecule has 0 amide bonds. The van der Waals surface area contributed by atoms with Crippen molar-refractivity contribution in [3.63, 3.8) is 0 Å². The van der Waals surface area contributed by atoms with Crippen molar-refractivity contribution in [1.82, 2.24) is 0 Å². The molecule has 0 saturated carbocycles. The average Bonchev–Trinajstić information content (AvgIpc) is 3.71. The lowest BCUT2D eigenvalue weighted by molar-refractivity contribution is 0.590. The van der Waals surface area contributed by atoms with Crippen LogP contribution in [0.3, 0.4) is 0 Å². The third-order valence-corrected chi connectivity index (χ3v) is 16.6. The Labute approximate surface area is 374 Å². The number of nitrogens with zero attached hydrogens (tertiary/aromatic N) is 1. The van der Waals surface area contributed by atoms with E-state index in [1.54, 1.807) is 0 Å². The summed E-state index contributed by atoms with van der Waals surface area (Å²) in [5.74, 6) is 0. The van der Waals surface area contributed by atoms with Gasteiger partial charge in [0.1, 0.15) is 0 Å². The first-order valence-electron chi connectivity index (χ1n) is 23.3. The minimum atomic E-state index is -0.201. The van der Waals surface area contributed by atoms with Crippen molar-refractivity contribution >= 4 is 38.6 Å². The molecule has 12 rings (SSSR count). The first kappa shape index (κ1) is 38.7. The molecule has 0 spiro atoms. The van der Waals surface area contributed by atoms with Gasteiger partial charge in [0.25, 0.3) is 0 Å². The number of benzene rings is 8. The highest BCUT2D eigenvalue weighted by molar-refractivity contribution is 6.10. The summed E-state index contributed by atoms with van der Waals surface area (Å²) >= 11 is 0. The molecule has 0 heterocycles. The third-order valence-electron chi connectivity index (χ3n) is 16.6. The Morgan fingerprint density at radius 1 is 0.365 bits per heavy atom. The highest BCUT2D eigenvalue weighted by atomic mass is 15.1. The SMILES string of the molecule is Cc1cc2c(c3ccccc13)-c1cc3c(cc1C2(C)C)-c1ccc(N(c2ccc(C(C)(C)C)cc2)c2cc4c5c(c2)C(C)(C)c2cccc6c(C)cc(c-5c26)C4(C)C)cc1C3(C)C. The van der Waals surface area contributed by atoms with Crippen LogP contribution in [0.4, 0.5) is 17.1 Å². The van der Waals surface area contributed by atoms with Gasteiger partial charge in [0.2, 0.25) is 0 Å². The van der Waals surface area contributed by atoms with Crippen LogP contribution < -0.4 is 4.90 Å². The average molecular weight is 818 g/mol. The largest absolute Gasteiger partial charge is 0.310 e. The van der Waals surface area contributed by atoms with Gasteiger partial charge < -0.3 is 4.90 Å². The Balaban J connectivity index is 1.07. The summed E-state index contributed by atoms with van der Waals surface area (Å²) in [6.07, 6.45) is 0. The molecule has 0 unspecified atom stereocenters. The van der Waals surface area contributed by atoms with Gasteiger partial charge in [-0.3, -0.25) is 0 Å². The van der Waals surface area contributed by atoms with E-state index in [0.717, 1.165) is 0 Å². The second-order valence-electron chi connectivity index (χ2n) is 22.7. The number of hydrogen-bond acceptors (Lipinski definition) is 1. The highest BCUT2D eigenvalue weighted by Gasteiger charge is 2.47. The first-order valence-corrected chi connectivity index (χ1v) is 23.3. The molecule has 4 aliphatic carbocycles. The Morgan fingerprint density at radius 2 is 0.857 bits per heavy atom. The number of rotatable bonds is 3.